The lowest BCUT2D eigenvalue weighted by atomic mass is 10.0. The minimum Gasteiger partial charge on any atom is -0.481 e. The van der Waals surface area contributed by atoms with E-state index in [2.05, 4.69) is 14.8 Å². The van der Waals surface area contributed by atoms with E-state index in [0.29, 0.717) is 39.5 Å². The molecule has 1 aromatic carbocycles. The van der Waals surface area contributed by atoms with Gasteiger partial charge in [0.25, 0.3) is 0 Å². The van der Waals surface area contributed by atoms with Gasteiger partial charge in [-0.1, -0.05) is 11.6 Å². The van der Waals surface area contributed by atoms with Crippen LogP contribution >= 0.6 is 11.6 Å². The molecule has 1 fully saturated rings. The number of aromatic amines is 1. The van der Waals surface area contributed by atoms with Crippen molar-refractivity contribution in [3.05, 3.63) is 41.0 Å². The van der Waals surface area contributed by atoms with Crippen LogP contribution in [-0.2, 0) is 9.53 Å². The number of carboxylic acid groups (broad SMARTS) is 1. The number of pyridine rings is 1. The molecule has 10 heteroatoms. The maximum absolute atomic E-state index is 12.8. The van der Waals surface area contributed by atoms with Crippen molar-refractivity contribution in [2.24, 2.45) is 0 Å². The van der Waals surface area contributed by atoms with Crippen molar-refractivity contribution in [2.45, 2.75) is 32.8 Å². The van der Waals surface area contributed by atoms with Crippen molar-refractivity contribution in [3.63, 3.8) is 0 Å². The molecule has 3 aromatic rings. The predicted octanol–water partition coefficient (Wildman–Crippen LogP) is 4.44. The highest BCUT2D eigenvalue weighted by Gasteiger charge is 2.24. The average Bonchev–Trinajstić information content (AvgIpc) is 3.24. The number of benzene rings is 1. The van der Waals surface area contributed by atoms with E-state index in [1.165, 1.54) is 0 Å². The summed E-state index contributed by atoms with van der Waals surface area (Å²) in [4.78, 5) is 35.7. The molecule has 0 amide bonds. The first-order valence-corrected chi connectivity index (χ1v) is 12.2. The molecular weight excluding hydrogens is 484 g/mol. The molecule has 2 aromatic heterocycles. The second-order valence-corrected chi connectivity index (χ2v) is 10.2. The largest absolute Gasteiger partial charge is 0.481 e. The first-order chi connectivity index (χ1) is 17.1. The molecule has 36 heavy (non-hydrogen) atoms. The van der Waals surface area contributed by atoms with Gasteiger partial charge in [-0.15, -0.1) is 0 Å². The number of anilines is 1. The van der Waals surface area contributed by atoms with Gasteiger partial charge in [-0.3, -0.25) is 9.69 Å². The Bertz CT molecular complexity index is 1280. The molecule has 1 saturated heterocycles. The first kappa shape index (κ1) is 25.8. The Morgan fingerprint density at radius 2 is 1.86 bits per heavy atom. The van der Waals surface area contributed by atoms with Gasteiger partial charge in [0.1, 0.15) is 11.4 Å². The minimum absolute atomic E-state index is 0.142. The molecule has 1 aliphatic rings. The van der Waals surface area contributed by atoms with Crippen molar-refractivity contribution >= 4 is 40.3 Å². The molecule has 0 unspecified atom stereocenters. The maximum atomic E-state index is 12.8. The van der Waals surface area contributed by atoms with Crippen molar-refractivity contribution in [1.82, 2.24) is 14.9 Å². The van der Waals surface area contributed by atoms with Crippen LogP contribution in [0.2, 0.25) is 5.02 Å². The van der Waals surface area contributed by atoms with Gasteiger partial charge < -0.3 is 24.5 Å². The fraction of sp³-hybridized carbons (Fsp3) is 0.423. The highest BCUT2D eigenvalue weighted by molar-refractivity contribution is 6.34. The van der Waals surface area contributed by atoms with Crippen LogP contribution in [0.15, 0.2) is 30.5 Å². The lowest BCUT2D eigenvalue weighted by molar-refractivity contribution is -0.137. The second kappa shape index (κ2) is 10.4. The second-order valence-electron chi connectivity index (χ2n) is 9.78. The number of carbonyl (C=O) groups excluding carboxylic acids is 1. The molecule has 0 bridgehead atoms. The minimum atomic E-state index is -0.783. The molecule has 3 heterocycles. The van der Waals surface area contributed by atoms with Gasteiger partial charge >= 0.3 is 11.9 Å². The summed E-state index contributed by atoms with van der Waals surface area (Å²) in [6.45, 7) is 9.05. The monoisotopic (exact) mass is 514 g/mol. The number of hydrogen-bond acceptors (Lipinski definition) is 7. The predicted molar refractivity (Wildman–Crippen MR) is 139 cm³/mol. The molecule has 9 nitrogen and oxygen atoms in total. The van der Waals surface area contributed by atoms with Gasteiger partial charge in [-0.05, 0) is 45.0 Å². The van der Waals surface area contributed by atoms with Crippen LogP contribution in [0.3, 0.4) is 0 Å². The molecular formula is C26H31ClN4O5. The molecule has 0 atom stereocenters. The van der Waals surface area contributed by atoms with E-state index < -0.39 is 17.5 Å². The summed E-state index contributed by atoms with van der Waals surface area (Å²) in [7, 11) is 1.56. The Hall–Kier alpha value is -3.30. The molecule has 2 N–H and O–H groups in total. The summed E-state index contributed by atoms with van der Waals surface area (Å²) < 4.78 is 11.2. The van der Waals surface area contributed by atoms with Gasteiger partial charge in [0, 0.05) is 61.0 Å². The van der Waals surface area contributed by atoms with Crippen LogP contribution in [-0.4, -0.2) is 77.3 Å². The number of rotatable bonds is 7. The van der Waals surface area contributed by atoms with E-state index >= 15 is 0 Å². The number of nitrogens with zero attached hydrogens (tertiary/aromatic N) is 3. The highest BCUT2D eigenvalue weighted by atomic mass is 35.5. The Morgan fingerprint density at radius 3 is 2.50 bits per heavy atom. The first-order valence-electron chi connectivity index (χ1n) is 11.8. The van der Waals surface area contributed by atoms with Gasteiger partial charge in [0.15, 0.2) is 0 Å². The molecule has 0 aliphatic carbocycles. The number of piperazine rings is 1. The molecule has 0 saturated carbocycles. The molecule has 192 valence electrons. The normalized spacial score (nSPS) is 14.8. The van der Waals surface area contributed by atoms with Crippen LogP contribution in [0.4, 0.5) is 5.82 Å². The number of carboxylic acids is 1. The Morgan fingerprint density at radius 1 is 1.14 bits per heavy atom. The van der Waals surface area contributed by atoms with Crippen LogP contribution < -0.4 is 9.64 Å². The number of fused-ring (bicyclic) bond motifs is 1. The van der Waals surface area contributed by atoms with Crippen molar-refractivity contribution in [2.75, 3.05) is 44.7 Å². The van der Waals surface area contributed by atoms with E-state index in [0.717, 1.165) is 37.5 Å². The third kappa shape index (κ3) is 5.74. The summed E-state index contributed by atoms with van der Waals surface area (Å²) in [5.74, 6) is 0.0114. The lowest BCUT2D eigenvalue weighted by Crippen LogP contribution is -2.47. The number of hydrogen-bond donors (Lipinski definition) is 2. The number of aromatic nitrogens is 2. The van der Waals surface area contributed by atoms with E-state index in [-0.39, 0.29) is 6.42 Å². The molecule has 0 radical (unpaired) electrons. The number of carbonyl (C=O) groups is 2. The van der Waals surface area contributed by atoms with Crippen LogP contribution in [0.1, 0.15) is 37.6 Å². The third-order valence-corrected chi connectivity index (χ3v) is 6.37. The fourth-order valence-corrected chi connectivity index (χ4v) is 4.54. The lowest BCUT2D eigenvalue weighted by Gasteiger charge is -2.35. The number of methoxy groups -OCH3 is 1. The number of ether oxygens (including phenoxy) is 2. The quantitative estimate of drug-likeness (QED) is 0.445. The molecule has 4 rings (SSSR count). The summed E-state index contributed by atoms with van der Waals surface area (Å²) in [6, 6.07) is 7.49. The van der Waals surface area contributed by atoms with Crippen molar-refractivity contribution in [1.29, 1.82) is 0 Å². The summed E-state index contributed by atoms with van der Waals surface area (Å²) in [5.41, 5.74) is 1.96. The zero-order valence-electron chi connectivity index (χ0n) is 20.9. The number of esters is 1. The number of aliphatic carboxylic acids is 1. The maximum Gasteiger partial charge on any atom is 0.340 e. The van der Waals surface area contributed by atoms with Crippen LogP contribution in [0.25, 0.3) is 22.0 Å². The van der Waals surface area contributed by atoms with E-state index in [9.17, 15) is 9.59 Å². The summed E-state index contributed by atoms with van der Waals surface area (Å²) in [5, 5.41) is 10.1. The van der Waals surface area contributed by atoms with Crippen LogP contribution in [0.5, 0.6) is 5.88 Å². The average molecular weight is 515 g/mol. The van der Waals surface area contributed by atoms with Gasteiger partial charge in [0.2, 0.25) is 5.88 Å². The Labute approximate surface area is 215 Å². The standard InChI is InChI=1S/C26H31ClN4O5/c1-26(2,3)36-25(34)19-15-28-21-14-20(27)17(13-18(19)21)16-5-6-22(29-24(16)35-4)31-11-9-30(10-12-31)8-7-23(32)33/h5-6,13-15,28H,7-12H2,1-4H3,(H,32,33). The fourth-order valence-electron chi connectivity index (χ4n) is 4.27. The van der Waals surface area contributed by atoms with Gasteiger partial charge in [-0.25, -0.2) is 4.79 Å². The summed E-state index contributed by atoms with van der Waals surface area (Å²) >= 11 is 6.64. The van der Waals surface area contributed by atoms with Gasteiger partial charge in [0.05, 0.1) is 24.1 Å². The zero-order valence-corrected chi connectivity index (χ0v) is 21.7. The number of nitrogens with one attached hydrogen (secondary N) is 1. The molecule has 0 spiro atoms. The molecule has 1 aliphatic heterocycles. The smallest absolute Gasteiger partial charge is 0.340 e. The van der Waals surface area contributed by atoms with E-state index in [4.69, 9.17) is 31.2 Å². The highest BCUT2D eigenvalue weighted by Crippen LogP contribution is 2.38. The topological polar surface area (TPSA) is 108 Å². The Balaban J connectivity index is 1.60. The number of H-pyrrole nitrogens is 1. The van der Waals surface area contributed by atoms with E-state index in [1.54, 1.807) is 19.4 Å². The van der Waals surface area contributed by atoms with Crippen molar-refractivity contribution in [3.8, 4) is 17.0 Å². The van der Waals surface area contributed by atoms with Gasteiger partial charge in [-0.2, -0.15) is 4.98 Å². The summed E-state index contributed by atoms with van der Waals surface area (Å²) in [6.07, 6.45) is 1.77. The zero-order chi connectivity index (χ0) is 26.0. The van der Waals surface area contributed by atoms with Crippen LogP contribution in [0, 0.1) is 0 Å². The van der Waals surface area contributed by atoms with E-state index in [1.807, 2.05) is 39.0 Å². The SMILES string of the molecule is COc1nc(N2CCN(CCC(=O)O)CC2)ccc1-c1cc2c(C(=O)OC(C)(C)C)c[nH]c2cc1Cl. The Kier molecular flexibility index (Phi) is 7.42. The van der Waals surface area contributed by atoms with Crippen molar-refractivity contribution < 1.29 is 24.2 Å². The number of halogens is 1. The third-order valence-electron chi connectivity index (χ3n) is 6.06.